The number of carbonyl (C=O) groups excluding carboxylic acids is 1. The van der Waals surface area contributed by atoms with E-state index in [2.05, 4.69) is 15.2 Å². The molecule has 5 nitrogen and oxygen atoms in total. The number of likely N-dealkylation sites (N-methyl/N-ethyl adjacent to an activating group) is 1. The van der Waals surface area contributed by atoms with Gasteiger partial charge in [0.2, 0.25) is 5.91 Å². The van der Waals surface area contributed by atoms with Crippen molar-refractivity contribution in [3.05, 3.63) is 29.6 Å². The van der Waals surface area contributed by atoms with Gasteiger partial charge in [0.1, 0.15) is 12.4 Å². The Morgan fingerprint density at radius 1 is 1.36 bits per heavy atom. The third-order valence-corrected chi connectivity index (χ3v) is 3.79. The number of nitrogens with one attached hydrogen (secondary N) is 1. The number of anilines is 1. The Morgan fingerprint density at radius 2 is 2.14 bits per heavy atom. The summed E-state index contributed by atoms with van der Waals surface area (Å²) in [5, 5.41) is 5.33. The number of thiazole rings is 1. The van der Waals surface area contributed by atoms with Crippen LogP contribution in [0.15, 0.2) is 29.6 Å². The second-order valence-corrected chi connectivity index (χ2v) is 5.95. The van der Waals surface area contributed by atoms with Crippen LogP contribution in [0.5, 0.6) is 5.75 Å². The van der Waals surface area contributed by atoms with Gasteiger partial charge in [-0.1, -0.05) is 19.1 Å². The van der Waals surface area contributed by atoms with Crippen LogP contribution in [0.1, 0.15) is 13.3 Å². The molecule has 0 aliphatic carbocycles. The molecule has 0 bridgehead atoms. The fourth-order valence-electron chi connectivity index (χ4n) is 1.80. The van der Waals surface area contributed by atoms with Crippen molar-refractivity contribution in [2.45, 2.75) is 13.3 Å². The first kappa shape index (κ1) is 16.5. The summed E-state index contributed by atoms with van der Waals surface area (Å²) in [7, 11) is 4.02. The molecule has 0 aliphatic rings. The maximum atomic E-state index is 11.4. The van der Waals surface area contributed by atoms with E-state index in [1.54, 1.807) is 0 Å². The number of amides is 1. The molecule has 118 valence electrons. The Labute approximate surface area is 134 Å². The average Bonchev–Trinajstić information content (AvgIpc) is 2.95. The van der Waals surface area contributed by atoms with Gasteiger partial charge in [-0.25, -0.2) is 4.98 Å². The highest BCUT2D eigenvalue weighted by molar-refractivity contribution is 7.14. The average molecular weight is 319 g/mol. The maximum absolute atomic E-state index is 11.4. The van der Waals surface area contributed by atoms with E-state index in [0.29, 0.717) is 18.2 Å². The van der Waals surface area contributed by atoms with E-state index in [-0.39, 0.29) is 5.91 Å². The van der Waals surface area contributed by atoms with Crippen molar-refractivity contribution in [1.82, 2.24) is 9.88 Å². The van der Waals surface area contributed by atoms with E-state index in [9.17, 15) is 4.79 Å². The second kappa shape index (κ2) is 7.91. The van der Waals surface area contributed by atoms with Gasteiger partial charge in [0.25, 0.3) is 0 Å². The molecule has 2 aromatic rings. The first-order valence-electron chi connectivity index (χ1n) is 7.22. The lowest BCUT2D eigenvalue weighted by molar-refractivity contribution is -0.115. The minimum absolute atomic E-state index is 0.0311. The van der Waals surface area contributed by atoms with Gasteiger partial charge in [-0.2, -0.15) is 0 Å². The Morgan fingerprint density at radius 3 is 2.86 bits per heavy atom. The second-order valence-electron chi connectivity index (χ2n) is 5.09. The Bertz CT molecular complexity index is 625. The van der Waals surface area contributed by atoms with Gasteiger partial charge in [-0.15, -0.1) is 11.3 Å². The topological polar surface area (TPSA) is 54.5 Å². The Hall–Kier alpha value is -1.92. The van der Waals surface area contributed by atoms with Crippen LogP contribution in [0.2, 0.25) is 0 Å². The molecular weight excluding hydrogens is 298 g/mol. The number of hydrogen-bond donors (Lipinski definition) is 1. The van der Waals surface area contributed by atoms with E-state index >= 15 is 0 Å². The number of carbonyl (C=O) groups is 1. The van der Waals surface area contributed by atoms with Crippen molar-refractivity contribution in [2.24, 2.45) is 0 Å². The minimum Gasteiger partial charge on any atom is -0.492 e. The molecule has 0 fully saturated rings. The maximum Gasteiger partial charge on any atom is 0.225 e. The first-order valence-corrected chi connectivity index (χ1v) is 8.10. The van der Waals surface area contributed by atoms with Crippen LogP contribution in [0.4, 0.5) is 5.13 Å². The standard InChI is InChI=1S/C16H21N3O2S/c1-4-15(20)18-16-17-13(11-22-16)12-7-5-6-8-14(12)21-10-9-19(2)3/h5-8,11H,4,9-10H2,1-3H3,(H,17,18,20). The molecule has 2 rings (SSSR count). The number of aromatic nitrogens is 1. The molecule has 0 spiro atoms. The van der Waals surface area contributed by atoms with Crippen molar-refractivity contribution in [3.63, 3.8) is 0 Å². The van der Waals surface area contributed by atoms with E-state index < -0.39 is 0 Å². The highest BCUT2D eigenvalue weighted by atomic mass is 32.1. The summed E-state index contributed by atoms with van der Waals surface area (Å²) >= 11 is 1.42. The first-order chi connectivity index (χ1) is 10.6. The van der Waals surface area contributed by atoms with Crippen molar-refractivity contribution < 1.29 is 9.53 Å². The number of benzene rings is 1. The number of ether oxygens (including phenoxy) is 1. The van der Waals surface area contributed by atoms with Gasteiger partial charge in [-0.3, -0.25) is 4.79 Å². The summed E-state index contributed by atoms with van der Waals surface area (Å²) in [6.07, 6.45) is 0.444. The summed E-state index contributed by atoms with van der Waals surface area (Å²) < 4.78 is 5.85. The molecule has 1 amide bonds. The van der Waals surface area contributed by atoms with Crippen molar-refractivity contribution in [2.75, 3.05) is 32.6 Å². The molecular formula is C16H21N3O2S. The Kier molecular flexibility index (Phi) is 5.91. The van der Waals surface area contributed by atoms with Gasteiger partial charge in [0, 0.05) is 23.9 Å². The fraction of sp³-hybridized carbons (Fsp3) is 0.375. The molecule has 1 aromatic heterocycles. The summed E-state index contributed by atoms with van der Waals surface area (Å²) in [4.78, 5) is 18.0. The molecule has 0 saturated carbocycles. The van der Waals surface area contributed by atoms with Gasteiger partial charge in [0.15, 0.2) is 5.13 Å². The number of nitrogens with zero attached hydrogens (tertiary/aromatic N) is 2. The Balaban J connectivity index is 2.13. The molecule has 0 unspecified atom stereocenters. The third-order valence-electron chi connectivity index (χ3n) is 3.03. The monoisotopic (exact) mass is 319 g/mol. The largest absolute Gasteiger partial charge is 0.492 e. The van der Waals surface area contributed by atoms with E-state index in [0.717, 1.165) is 23.6 Å². The summed E-state index contributed by atoms with van der Waals surface area (Å²) in [5.74, 6) is 0.777. The molecule has 1 aromatic carbocycles. The minimum atomic E-state index is -0.0311. The van der Waals surface area contributed by atoms with Crippen molar-refractivity contribution in [1.29, 1.82) is 0 Å². The molecule has 22 heavy (non-hydrogen) atoms. The number of hydrogen-bond acceptors (Lipinski definition) is 5. The normalized spacial score (nSPS) is 10.7. The van der Waals surface area contributed by atoms with Crippen molar-refractivity contribution in [3.8, 4) is 17.0 Å². The van der Waals surface area contributed by atoms with Crippen LogP contribution in [0.25, 0.3) is 11.3 Å². The summed E-state index contributed by atoms with van der Waals surface area (Å²) in [6.45, 7) is 3.29. The lowest BCUT2D eigenvalue weighted by atomic mass is 10.1. The zero-order chi connectivity index (χ0) is 15.9. The molecule has 0 saturated heterocycles. The predicted octanol–water partition coefficient (Wildman–Crippen LogP) is 3.10. The number of rotatable bonds is 7. The van der Waals surface area contributed by atoms with Crippen LogP contribution < -0.4 is 10.1 Å². The van der Waals surface area contributed by atoms with E-state index in [1.165, 1.54) is 11.3 Å². The fourth-order valence-corrected chi connectivity index (χ4v) is 2.53. The van der Waals surface area contributed by atoms with Crippen LogP contribution in [-0.2, 0) is 4.79 Å². The van der Waals surface area contributed by atoms with Crippen LogP contribution in [0.3, 0.4) is 0 Å². The van der Waals surface area contributed by atoms with Gasteiger partial charge in [0.05, 0.1) is 5.69 Å². The van der Waals surface area contributed by atoms with Crippen LogP contribution >= 0.6 is 11.3 Å². The highest BCUT2D eigenvalue weighted by Gasteiger charge is 2.11. The SMILES string of the molecule is CCC(=O)Nc1nc(-c2ccccc2OCCN(C)C)cs1. The summed E-state index contributed by atoms with van der Waals surface area (Å²) in [5.41, 5.74) is 1.76. The molecule has 0 aliphatic heterocycles. The molecule has 6 heteroatoms. The molecule has 1 heterocycles. The zero-order valence-electron chi connectivity index (χ0n) is 13.1. The molecule has 1 N–H and O–H groups in total. The van der Waals surface area contributed by atoms with Crippen LogP contribution in [-0.4, -0.2) is 43.0 Å². The quantitative estimate of drug-likeness (QED) is 0.852. The van der Waals surface area contributed by atoms with Gasteiger partial charge >= 0.3 is 0 Å². The highest BCUT2D eigenvalue weighted by Crippen LogP contribution is 2.32. The van der Waals surface area contributed by atoms with E-state index in [4.69, 9.17) is 4.74 Å². The molecule has 0 radical (unpaired) electrons. The van der Waals surface area contributed by atoms with E-state index in [1.807, 2.05) is 50.7 Å². The lowest BCUT2D eigenvalue weighted by Gasteiger charge is -2.13. The zero-order valence-corrected chi connectivity index (χ0v) is 13.9. The molecule has 0 atom stereocenters. The lowest BCUT2D eigenvalue weighted by Crippen LogP contribution is -2.19. The van der Waals surface area contributed by atoms with Gasteiger partial charge < -0.3 is 15.0 Å². The third kappa shape index (κ3) is 4.54. The predicted molar refractivity (Wildman–Crippen MR) is 90.5 cm³/mol. The smallest absolute Gasteiger partial charge is 0.225 e. The summed E-state index contributed by atoms with van der Waals surface area (Å²) in [6, 6.07) is 7.82. The number of para-hydroxylation sites is 1. The van der Waals surface area contributed by atoms with Gasteiger partial charge in [-0.05, 0) is 26.2 Å². The van der Waals surface area contributed by atoms with Crippen LogP contribution in [0, 0.1) is 0 Å². The van der Waals surface area contributed by atoms with Crippen molar-refractivity contribution >= 4 is 22.4 Å².